The molecule has 1 heterocycles. The zero-order valence-corrected chi connectivity index (χ0v) is 13.8. The summed E-state index contributed by atoms with van der Waals surface area (Å²) < 4.78 is 11.4. The van der Waals surface area contributed by atoms with E-state index in [4.69, 9.17) is 9.47 Å². The number of hydrogen-bond donors (Lipinski definition) is 1. The second-order valence-electron chi connectivity index (χ2n) is 5.91. The highest BCUT2D eigenvalue weighted by Crippen LogP contribution is 2.32. The van der Waals surface area contributed by atoms with E-state index in [-0.39, 0.29) is 0 Å². The molecule has 0 radical (unpaired) electrons. The first-order valence-corrected chi connectivity index (χ1v) is 8.09. The fourth-order valence-corrected chi connectivity index (χ4v) is 2.87. The molecule has 4 nitrogen and oxygen atoms in total. The van der Waals surface area contributed by atoms with Crippen molar-refractivity contribution in [2.45, 2.75) is 19.6 Å². The number of hydrogen-bond acceptors (Lipinski definition) is 4. The number of methoxy groups -OCH3 is 1. The third-order valence-electron chi connectivity index (χ3n) is 4.12. The van der Waals surface area contributed by atoms with Crippen LogP contribution in [0, 0.1) is 0 Å². The van der Waals surface area contributed by atoms with Gasteiger partial charge < -0.3 is 19.7 Å². The summed E-state index contributed by atoms with van der Waals surface area (Å²) >= 11 is 0. The van der Waals surface area contributed by atoms with Gasteiger partial charge in [0.1, 0.15) is 6.61 Å². The lowest BCUT2D eigenvalue weighted by molar-refractivity contribution is 0.284. The highest BCUT2D eigenvalue weighted by molar-refractivity contribution is 5.56. The Hall–Kier alpha value is -2.20. The maximum atomic E-state index is 5.92. The van der Waals surface area contributed by atoms with Crippen molar-refractivity contribution in [1.82, 2.24) is 5.32 Å². The normalized spacial score (nSPS) is 17.8. The summed E-state index contributed by atoms with van der Waals surface area (Å²) in [5.74, 6) is 1.56. The molecule has 4 heteroatoms. The fraction of sp³-hybridized carbons (Fsp3) is 0.368. The molecule has 122 valence electrons. The minimum atomic E-state index is 0.503. The van der Waals surface area contributed by atoms with E-state index in [1.807, 2.05) is 24.3 Å². The van der Waals surface area contributed by atoms with Crippen LogP contribution in [0.1, 0.15) is 12.5 Å². The SMILES string of the molecule is COc1cc(N2CCN[C@H](C)C2)ccc1OCc1ccccc1. The molecular weight excluding hydrogens is 288 g/mol. The summed E-state index contributed by atoms with van der Waals surface area (Å²) in [7, 11) is 1.69. The molecule has 2 aromatic rings. The van der Waals surface area contributed by atoms with Crippen LogP contribution in [-0.2, 0) is 6.61 Å². The average molecular weight is 312 g/mol. The number of rotatable bonds is 5. The van der Waals surface area contributed by atoms with E-state index in [1.165, 1.54) is 5.69 Å². The van der Waals surface area contributed by atoms with Crippen LogP contribution >= 0.6 is 0 Å². The fourth-order valence-electron chi connectivity index (χ4n) is 2.87. The van der Waals surface area contributed by atoms with Gasteiger partial charge in [0.2, 0.25) is 0 Å². The van der Waals surface area contributed by atoms with Crippen LogP contribution in [0.2, 0.25) is 0 Å². The molecular formula is C19H24N2O2. The van der Waals surface area contributed by atoms with E-state index in [9.17, 15) is 0 Å². The highest BCUT2D eigenvalue weighted by atomic mass is 16.5. The summed E-state index contributed by atoms with van der Waals surface area (Å²) in [5, 5.41) is 3.46. The molecule has 0 unspecified atom stereocenters. The maximum absolute atomic E-state index is 5.92. The van der Waals surface area contributed by atoms with Crippen LogP contribution in [0.3, 0.4) is 0 Å². The molecule has 23 heavy (non-hydrogen) atoms. The van der Waals surface area contributed by atoms with Gasteiger partial charge in [-0.2, -0.15) is 0 Å². The first-order valence-electron chi connectivity index (χ1n) is 8.09. The zero-order valence-electron chi connectivity index (χ0n) is 13.8. The number of benzene rings is 2. The van der Waals surface area contributed by atoms with Gasteiger partial charge in [0.25, 0.3) is 0 Å². The lowest BCUT2D eigenvalue weighted by Crippen LogP contribution is -2.49. The van der Waals surface area contributed by atoms with E-state index in [0.717, 1.165) is 36.7 Å². The minimum absolute atomic E-state index is 0.503. The van der Waals surface area contributed by atoms with Gasteiger partial charge in [0.15, 0.2) is 11.5 Å². The van der Waals surface area contributed by atoms with Crippen molar-refractivity contribution in [1.29, 1.82) is 0 Å². The van der Waals surface area contributed by atoms with Crippen molar-refractivity contribution in [2.24, 2.45) is 0 Å². The summed E-state index contributed by atoms with van der Waals surface area (Å²) in [6, 6.07) is 16.8. The van der Waals surface area contributed by atoms with Gasteiger partial charge in [-0.3, -0.25) is 0 Å². The molecule has 1 aliphatic heterocycles. The molecule has 1 aliphatic rings. The Kier molecular flexibility index (Phi) is 5.03. The van der Waals surface area contributed by atoms with E-state index in [0.29, 0.717) is 12.6 Å². The second-order valence-corrected chi connectivity index (χ2v) is 5.91. The summed E-state index contributed by atoms with van der Waals surface area (Å²) in [6.45, 7) is 5.78. The van der Waals surface area contributed by atoms with Crippen LogP contribution in [0.5, 0.6) is 11.5 Å². The van der Waals surface area contributed by atoms with Gasteiger partial charge in [0, 0.05) is 37.4 Å². The van der Waals surface area contributed by atoms with Gasteiger partial charge in [0.05, 0.1) is 7.11 Å². The lowest BCUT2D eigenvalue weighted by Gasteiger charge is -2.33. The van der Waals surface area contributed by atoms with Crippen LogP contribution < -0.4 is 19.7 Å². The Morgan fingerprint density at radius 3 is 2.70 bits per heavy atom. The number of anilines is 1. The molecule has 0 saturated carbocycles. The second kappa shape index (κ2) is 7.38. The predicted octanol–water partition coefficient (Wildman–Crippen LogP) is 3.07. The molecule has 3 rings (SSSR count). The first-order chi connectivity index (χ1) is 11.3. The Morgan fingerprint density at radius 1 is 1.13 bits per heavy atom. The van der Waals surface area contributed by atoms with Gasteiger partial charge >= 0.3 is 0 Å². The van der Waals surface area contributed by atoms with Gasteiger partial charge in [-0.25, -0.2) is 0 Å². The zero-order chi connectivity index (χ0) is 16.1. The van der Waals surface area contributed by atoms with Crippen LogP contribution in [0.15, 0.2) is 48.5 Å². The molecule has 0 aromatic heterocycles. The number of ether oxygens (including phenoxy) is 2. The number of piperazine rings is 1. The smallest absolute Gasteiger partial charge is 0.162 e. The third kappa shape index (κ3) is 3.96. The van der Waals surface area contributed by atoms with Gasteiger partial charge in [-0.15, -0.1) is 0 Å². The van der Waals surface area contributed by atoms with Crippen LogP contribution in [-0.4, -0.2) is 32.8 Å². The summed E-state index contributed by atoms with van der Waals surface area (Å²) in [4.78, 5) is 2.38. The van der Waals surface area contributed by atoms with Crippen molar-refractivity contribution >= 4 is 5.69 Å². The molecule has 0 spiro atoms. The van der Waals surface area contributed by atoms with E-state index in [1.54, 1.807) is 7.11 Å². The molecule has 0 bridgehead atoms. The van der Waals surface area contributed by atoms with Crippen LogP contribution in [0.4, 0.5) is 5.69 Å². The van der Waals surface area contributed by atoms with E-state index < -0.39 is 0 Å². The monoisotopic (exact) mass is 312 g/mol. The van der Waals surface area contributed by atoms with Crippen molar-refractivity contribution in [2.75, 3.05) is 31.6 Å². The van der Waals surface area contributed by atoms with Gasteiger partial charge in [-0.1, -0.05) is 30.3 Å². The Bertz CT molecular complexity index is 631. The van der Waals surface area contributed by atoms with Crippen molar-refractivity contribution < 1.29 is 9.47 Å². The molecule has 1 N–H and O–H groups in total. The molecule has 1 atom stereocenters. The standard InChI is InChI=1S/C19H24N2O2/c1-15-13-21(11-10-20-15)17-8-9-18(19(12-17)22-2)23-14-16-6-4-3-5-7-16/h3-9,12,15,20H,10-11,13-14H2,1-2H3/t15-/m1/s1. The number of nitrogens with zero attached hydrogens (tertiary/aromatic N) is 1. The Labute approximate surface area is 138 Å². The molecule has 0 amide bonds. The minimum Gasteiger partial charge on any atom is -0.493 e. The maximum Gasteiger partial charge on any atom is 0.162 e. The third-order valence-corrected chi connectivity index (χ3v) is 4.12. The summed E-state index contributed by atoms with van der Waals surface area (Å²) in [6.07, 6.45) is 0. The molecule has 1 fully saturated rings. The number of nitrogens with one attached hydrogen (secondary N) is 1. The van der Waals surface area contributed by atoms with Crippen LogP contribution in [0.25, 0.3) is 0 Å². The lowest BCUT2D eigenvalue weighted by atomic mass is 10.2. The Balaban J connectivity index is 1.71. The highest BCUT2D eigenvalue weighted by Gasteiger charge is 2.17. The topological polar surface area (TPSA) is 33.7 Å². The summed E-state index contributed by atoms with van der Waals surface area (Å²) in [5.41, 5.74) is 2.33. The molecule has 0 aliphatic carbocycles. The van der Waals surface area contributed by atoms with Crippen molar-refractivity contribution in [3.8, 4) is 11.5 Å². The van der Waals surface area contributed by atoms with E-state index in [2.05, 4.69) is 41.4 Å². The van der Waals surface area contributed by atoms with Gasteiger partial charge in [-0.05, 0) is 24.6 Å². The largest absolute Gasteiger partial charge is 0.493 e. The predicted molar refractivity (Wildman–Crippen MR) is 93.4 cm³/mol. The first kappa shape index (κ1) is 15.7. The molecule has 2 aromatic carbocycles. The Morgan fingerprint density at radius 2 is 1.96 bits per heavy atom. The van der Waals surface area contributed by atoms with Crippen molar-refractivity contribution in [3.05, 3.63) is 54.1 Å². The quantitative estimate of drug-likeness (QED) is 0.920. The van der Waals surface area contributed by atoms with Crippen molar-refractivity contribution in [3.63, 3.8) is 0 Å². The molecule has 1 saturated heterocycles. The van der Waals surface area contributed by atoms with E-state index >= 15 is 0 Å². The average Bonchev–Trinajstić information content (AvgIpc) is 2.60.